The minimum absolute atomic E-state index is 0.670. The molecule has 1 radical (unpaired) electrons. The van der Waals surface area contributed by atoms with E-state index in [1.807, 2.05) is 0 Å². The van der Waals surface area contributed by atoms with Crippen LogP contribution in [0.3, 0.4) is 0 Å². The summed E-state index contributed by atoms with van der Waals surface area (Å²) >= 11 is 9.60. The van der Waals surface area contributed by atoms with Gasteiger partial charge in [0.2, 0.25) is 0 Å². The van der Waals surface area contributed by atoms with E-state index in [2.05, 4.69) is 60.9 Å². The van der Waals surface area contributed by atoms with Gasteiger partial charge in [0.15, 0.2) is 0 Å². The third-order valence-corrected chi connectivity index (χ3v) is 15.9. The Kier molecular flexibility index (Phi) is 4.23. The van der Waals surface area contributed by atoms with Gasteiger partial charge >= 0.3 is 127 Å². The molecule has 0 N–H and O–H groups in total. The van der Waals surface area contributed by atoms with Gasteiger partial charge in [0.25, 0.3) is 0 Å². The van der Waals surface area contributed by atoms with Crippen LogP contribution >= 0.6 is 47.0 Å². The quantitative estimate of drug-likeness (QED) is 0.550. The van der Waals surface area contributed by atoms with Crippen LogP contribution in [-0.4, -0.2) is 41.4 Å². The Morgan fingerprint density at radius 1 is 1.00 bits per heavy atom. The Balaban J connectivity index is 1.79. The Hall–Kier alpha value is 1.66. The van der Waals surface area contributed by atoms with Gasteiger partial charge in [-0.25, -0.2) is 0 Å². The summed E-state index contributed by atoms with van der Waals surface area (Å²) in [6.45, 7) is 4.65. The fourth-order valence-electron chi connectivity index (χ4n) is 1.33. The maximum atomic E-state index is 2.33. The molecule has 0 aromatic rings. The van der Waals surface area contributed by atoms with Gasteiger partial charge < -0.3 is 0 Å². The van der Waals surface area contributed by atoms with Crippen molar-refractivity contribution >= 4 is 77.0 Å². The second kappa shape index (κ2) is 5.34. The van der Waals surface area contributed by atoms with Crippen molar-refractivity contribution in [3.8, 4) is 0 Å². The minimum atomic E-state index is 0.670. The van der Waals surface area contributed by atoms with E-state index in [9.17, 15) is 0 Å². The van der Waals surface area contributed by atoms with Gasteiger partial charge in [-0.15, -0.1) is 0 Å². The number of thioether (sulfide) groups is 4. The maximum absolute atomic E-state index is 2.33. The molecule has 0 aromatic carbocycles. The first-order valence-electron chi connectivity index (χ1n) is 4.87. The second-order valence-electron chi connectivity index (χ2n) is 3.37. The van der Waals surface area contributed by atoms with Gasteiger partial charge in [-0.1, -0.05) is 0 Å². The van der Waals surface area contributed by atoms with E-state index in [0.29, 0.717) is 29.9 Å². The number of rotatable bonds is 0. The van der Waals surface area contributed by atoms with Crippen molar-refractivity contribution in [2.24, 2.45) is 0 Å². The average molecular weight is 416 g/mol. The van der Waals surface area contributed by atoms with E-state index in [-0.39, 0.29) is 0 Å². The Morgan fingerprint density at radius 2 is 1.62 bits per heavy atom. The SMILES string of the molecule is CC1=C(C)[Se+]C(=C2SC3=C(SCCS3)S2)[Se]1. The molecule has 0 fully saturated rings. The third kappa shape index (κ3) is 2.50. The third-order valence-electron chi connectivity index (χ3n) is 2.24. The van der Waals surface area contributed by atoms with Crippen LogP contribution < -0.4 is 0 Å². The van der Waals surface area contributed by atoms with E-state index in [0.717, 1.165) is 0 Å². The van der Waals surface area contributed by atoms with E-state index < -0.39 is 0 Å². The van der Waals surface area contributed by atoms with E-state index in [1.54, 1.807) is 25.0 Å². The van der Waals surface area contributed by atoms with Crippen molar-refractivity contribution in [1.82, 2.24) is 0 Å². The summed E-state index contributed by atoms with van der Waals surface area (Å²) in [6.07, 6.45) is 0. The molecule has 16 heavy (non-hydrogen) atoms. The first kappa shape index (κ1) is 12.7. The van der Waals surface area contributed by atoms with Crippen molar-refractivity contribution in [2.45, 2.75) is 13.8 Å². The van der Waals surface area contributed by atoms with Crippen LogP contribution in [0.25, 0.3) is 0 Å². The van der Waals surface area contributed by atoms with Gasteiger partial charge in [-0.05, 0) is 0 Å². The summed E-state index contributed by atoms with van der Waals surface area (Å²) in [6, 6.07) is 0. The summed E-state index contributed by atoms with van der Waals surface area (Å²) in [5, 5.41) is 0. The standard InChI is InChI=1S/C10H10S4Se2/c1-5-6(2)16-10(15-5)9-13-7-8(14-9)12-4-3-11-7/h3-4H2,1-2H3/q+1. The normalized spacial score (nSPS) is 25.9. The molecule has 0 saturated heterocycles. The predicted molar refractivity (Wildman–Crippen MR) is 84.0 cm³/mol. The van der Waals surface area contributed by atoms with Crippen LogP contribution in [0.4, 0.5) is 0 Å². The van der Waals surface area contributed by atoms with Crippen molar-refractivity contribution in [1.29, 1.82) is 0 Å². The van der Waals surface area contributed by atoms with Crippen LogP contribution in [0.2, 0.25) is 0 Å². The van der Waals surface area contributed by atoms with Crippen LogP contribution in [0, 0.1) is 0 Å². The molecule has 0 saturated carbocycles. The summed E-state index contributed by atoms with van der Waals surface area (Å²) in [4.78, 5) is 0. The molecule has 0 aromatic heterocycles. The predicted octanol–water partition coefficient (Wildman–Crippen LogP) is 3.87. The Morgan fingerprint density at radius 3 is 2.12 bits per heavy atom. The van der Waals surface area contributed by atoms with Crippen LogP contribution in [-0.2, 0) is 0 Å². The molecule has 0 atom stereocenters. The molecule has 85 valence electrons. The molecule has 0 unspecified atom stereocenters. The molecule has 3 aliphatic heterocycles. The molecule has 0 amide bonds. The zero-order valence-electron chi connectivity index (χ0n) is 8.86. The second-order valence-corrected chi connectivity index (χ2v) is 14.8. The van der Waals surface area contributed by atoms with Gasteiger partial charge in [-0.2, -0.15) is 0 Å². The first-order chi connectivity index (χ1) is 7.74. The average Bonchev–Trinajstić information content (AvgIpc) is 2.83. The molecular formula is C10H10S4Se2+. The van der Waals surface area contributed by atoms with Gasteiger partial charge in [-0.3, -0.25) is 0 Å². The zero-order chi connectivity index (χ0) is 11.1. The summed E-state index contributed by atoms with van der Waals surface area (Å²) in [7, 11) is 0. The first-order valence-corrected chi connectivity index (χ1v) is 11.9. The topological polar surface area (TPSA) is 0 Å². The molecule has 0 bridgehead atoms. The van der Waals surface area contributed by atoms with Gasteiger partial charge in [0.05, 0.1) is 0 Å². The summed E-state index contributed by atoms with van der Waals surface area (Å²) in [5.41, 5.74) is 0. The van der Waals surface area contributed by atoms with Gasteiger partial charge in [0.1, 0.15) is 0 Å². The molecule has 0 nitrogen and oxygen atoms in total. The monoisotopic (exact) mass is 418 g/mol. The van der Waals surface area contributed by atoms with Crippen molar-refractivity contribution < 1.29 is 0 Å². The fourth-order valence-corrected chi connectivity index (χ4v) is 15.1. The van der Waals surface area contributed by atoms with Crippen LogP contribution in [0.15, 0.2) is 25.0 Å². The van der Waals surface area contributed by atoms with Crippen molar-refractivity contribution in [3.05, 3.63) is 25.0 Å². The molecule has 6 heteroatoms. The number of hydrogen-bond donors (Lipinski definition) is 0. The van der Waals surface area contributed by atoms with Crippen LogP contribution in [0.1, 0.15) is 13.8 Å². The van der Waals surface area contributed by atoms with Crippen molar-refractivity contribution in [2.75, 3.05) is 11.5 Å². The Labute approximate surface area is 126 Å². The molecule has 0 spiro atoms. The number of allylic oxidation sites excluding steroid dienone is 2. The van der Waals surface area contributed by atoms with E-state index in [4.69, 9.17) is 0 Å². The van der Waals surface area contributed by atoms with Gasteiger partial charge in [0, 0.05) is 0 Å². The molecule has 3 aliphatic rings. The van der Waals surface area contributed by atoms with E-state index >= 15 is 0 Å². The fraction of sp³-hybridized carbons (Fsp3) is 0.400. The Bertz CT molecular complexity index is 400. The summed E-state index contributed by atoms with van der Waals surface area (Å²) in [5.74, 6) is 2.60. The number of hydrogen-bond acceptors (Lipinski definition) is 4. The van der Waals surface area contributed by atoms with Crippen LogP contribution in [0.5, 0.6) is 0 Å². The van der Waals surface area contributed by atoms with Crippen molar-refractivity contribution in [3.63, 3.8) is 0 Å². The molecular weight excluding hydrogens is 406 g/mol. The summed E-state index contributed by atoms with van der Waals surface area (Å²) < 4.78 is 9.99. The molecule has 3 heterocycles. The molecule has 3 rings (SSSR count). The molecule has 0 aliphatic carbocycles. The zero-order valence-corrected chi connectivity index (χ0v) is 15.6. The van der Waals surface area contributed by atoms with E-state index in [1.165, 1.54) is 11.5 Å².